The Balaban J connectivity index is 2.87. The largest absolute Gasteiger partial charge is 0.493 e. The molecule has 7 heteroatoms. The summed E-state index contributed by atoms with van der Waals surface area (Å²) in [6.45, 7) is 0. The number of sulfone groups is 1. The molecule has 0 fully saturated rings. The van der Waals surface area contributed by atoms with Crippen molar-refractivity contribution in [3.05, 3.63) is 18.3 Å². The minimum atomic E-state index is -3.34. The molecule has 1 aromatic heterocycles. The molecule has 20 heavy (non-hydrogen) atoms. The minimum Gasteiger partial charge on any atom is -0.493 e. The van der Waals surface area contributed by atoms with Crippen LogP contribution in [0.15, 0.2) is 23.2 Å². The Kier molecular flexibility index (Phi) is 3.71. The van der Waals surface area contributed by atoms with Crippen molar-refractivity contribution in [2.24, 2.45) is 0 Å². The van der Waals surface area contributed by atoms with E-state index in [9.17, 15) is 8.42 Å². The molecular weight excluding hydrogens is 282 g/mol. The summed E-state index contributed by atoms with van der Waals surface area (Å²) in [5.74, 6) is 1.26. The van der Waals surface area contributed by atoms with Crippen molar-refractivity contribution in [3.8, 4) is 17.2 Å². The van der Waals surface area contributed by atoms with Gasteiger partial charge in [0.05, 0.1) is 31.7 Å². The van der Waals surface area contributed by atoms with Crippen LogP contribution in [-0.2, 0) is 9.84 Å². The lowest BCUT2D eigenvalue weighted by atomic mass is 10.1. The van der Waals surface area contributed by atoms with Crippen LogP contribution in [0.4, 0.5) is 0 Å². The zero-order valence-electron chi connectivity index (χ0n) is 11.6. The molecule has 0 atom stereocenters. The fourth-order valence-corrected chi connectivity index (χ4v) is 2.50. The summed E-state index contributed by atoms with van der Waals surface area (Å²) >= 11 is 0. The van der Waals surface area contributed by atoms with Crippen LogP contribution in [0.2, 0.25) is 0 Å². The van der Waals surface area contributed by atoms with E-state index in [1.165, 1.54) is 33.6 Å². The van der Waals surface area contributed by atoms with E-state index >= 15 is 0 Å². The molecule has 6 nitrogen and oxygen atoms in total. The highest BCUT2D eigenvalue weighted by Gasteiger charge is 2.18. The van der Waals surface area contributed by atoms with Gasteiger partial charge in [0.15, 0.2) is 21.3 Å². The minimum absolute atomic E-state index is 0.121. The van der Waals surface area contributed by atoms with Crippen molar-refractivity contribution in [2.75, 3.05) is 27.6 Å². The Morgan fingerprint density at radius 1 is 1.00 bits per heavy atom. The molecule has 0 aliphatic rings. The maximum absolute atomic E-state index is 11.6. The SMILES string of the molecule is COc1cc2ncc(S(C)(=O)=O)cc2c(OC)c1OC. The van der Waals surface area contributed by atoms with Gasteiger partial charge in [-0.2, -0.15) is 0 Å². The standard InChI is InChI=1S/C13H15NO5S/c1-17-11-6-10-9(12(18-2)13(11)19-3)5-8(7-14-10)20(4,15)16/h5-7H,1-4H3. The normalized spacial score (nSPS) is 11.4. The lowest BCUT2D eigenvalue weighted by molar-refractivity contribution is 0.327. The van der Waals surface area contributed by atoms with Crippen LogP contribution in [0, 0.1) is 0 Å². The van der Waals surface area contributed by atoms with Crippen LogP contribution in [-0.4, -0.2) is 41.0 Å². The van der Waals surface area contributed by atoms with E-state index < -0.39 is 9.84 Å². The van der Waals surface area contributed by atoms with Gasteiger partial charge < -0.3 is 14.2 Å². The summed E-state index contributed by atoms with van der Waals surface area (Å²) in [5.41, 5.74) is 0.562. The first-order valence-corrected chi connectivity index (χ1v) is 7.60. The van der Waals surface area contributed by atoms with Gasteiger partial charge in [0, 0.05) is 23.9 Å². The first kappa shape index (κ1) is 14.4. The Labute approximate surface area is 117 Å². The Bertz CT molecular complexity index is 755. The second kappa shape index (κ2) is 5.16. The number of nitrogens with zero attached hydrogens (tertiary/aromatic N) is 1. The molecule has 2 aromatic rings. The second-order valence-corrected chi connectivity index (χ2v) is 6.17. The fraction of sp³-hybridized carbons (Fsp3) is 0.308. The number of fused-ring (bicyclic) bond motifs is 1. The van der Waals surface area contributed by atoms with Gasteiger partial charge in [-0.25, -0.2) is 8.42 Å². The zero-order valence-corrected chi connectivity index (χ0v) is 12.4. The van der Waals surface area contributed by atoms with E-state index in [-0.39, 0.29) is 4.90 Å². The maximum atomic E-state index is 11.6. The lowest BCUT2D eigenvalue weighted by Crippen LogP contribution is -2.00. The third kappa shape index (κ3) is 2.36. The number of rotatable bonds is 4. The second-order valence-electron chi connectivity index (χ2n) is 4.16. The van der Waals surface area contributed by atoms with Crippen LogP contribution >= 0.6 is 0 Å². The summed E-state index contributed by atoms with van der Waals surface area (Å²) in [4.78, 5) is 4.27. The van der Waals surface area contributed by atoms with Crippen LogP contribution in [0.25, 0.3) is 10.9 Å². The predicted molar refractivity (Wildman–Crippen MR) is 74.5 cm³/mol. The number of aromatic nitrogens is 1. The van der Waals surface area contributed by atoms with Crippen LogP contribution < -0.4 is 14.2 Å². The van der Waals surface area contributed by atoms with Crippen LogP contribution in [0.1, 0.15) is 0 Å². The Morgan fingerprint density at radius 2 is 1.65 bits per heavy atom. The molecule has 108 valence electrons. The molecular formula is C13H15NO5S. The summed E-state index contributed by atoms with van der Waals surface area (Å²) < 4.78 is 39.0. The first-order valence-electron chi connectivity index (χ1n) is 5.71. The predicted octanol–water partition coefficient (Wildman–Crippen LogP) is 1.66. The van der Waals surface area contributed by atoms with Gasteiger partial charge in [0.1, 0.15) is 0 Å². The summed E-state index contributed by atoms with van der Waals surface area (Å²) in [6.07, 6.45) is 2.44. The van der Waals surface area contributed by atoms with Gasteiger partial charge in [-0.1, -0.05) is 0 Å². The van der Waals surface area contributed by atoms with Crippen molar-refractivity contribution in [1.82, 2.24) is 4.98 Å². The molecule has 0 saturated carbocycles. The number of ether oxygens (including phenoxy) is 3. The van der Waals surface area contributed by atoms with Crippen molar-refractivity contribution >= 4 is 20.7 Å². The molecule has 0 aliphatic carbocycles. The highest BCUT2D eigenvalue weighted by Crippen LogP contribution is 2.43. The third-order valence-corrected chi connectivity index (χ3v) is 3.97. The zero-order chi connectivity index (χ0) is 14.9. The smallest absolute Gasteiger partial charge is 0.204 e. The first-order chi connectivity index (χ1) is 9.42. The highest BCUT2D eigenvalue weighted by atomic mass is 32.2. The molecule has 0 saturated heterocycles. The molecule has 0 amide bonds. The number of methoxy groups -OCH3 is 3. The summed E-state index contributed by atoms with van der Waals surface area (Å²) in [5, 5.41) is 0.549. The number of benzene rings is 1. The van der Waals surface area contributed by atoms with Crippen molar-refractivity contribution in [2.45, 2.75) is 4.90 Å². The monoisotopic (exact) mass is 297 g/mol. The molecule has 0 N–H and O–H groups in total. The summed E-state index contributed by atoms with van der Waals surface area (Å²) in [6, 6.07) is 3.18. The van der Waals surface area contributed by atoms with Crippen molar-refractivity contribution in [3.63, 3.8) is 0 Å². The quantitative estimate of drug-likeness (QED) is 0.854. The topological polar surface area (TPSA) is 74.7 Å². The molecule has 0 spiro atoms. The molecule has 1 heterocycles. The highest BCUT2D eigenvalue weighted by molar-refractivity contribution is 7.90. The summed E-state index contributed by atoms with van der Waals surface area (Å²) in [7, 11) is 1.13. The Hall–Kier alpha value is -2.02. The van der Waals surface area contributed by atoms with Crippen LogP contribution in [0.5, 0.6) is 17.2 Å². The van der Waals surface area contributed by atoms with E-state index in [0.29, 0.717) is 28.2 Å². The van der Waals surface area contributed by atoms with Crippen molar-refractivity contribution < 1.29 is 22.6 Å². The maximum Gasteiger partial charge on any atom is 0.204 e. The molecule has 0 bridgehead atoms. The van der Waals surface area contributed by atoms with Crippen molar-refractivity contribution in [1.29, 1.82) is 0 Å². The fourth-order valence-electron chi connectivity index (χ4n) is 1.93. The molecule has 0 unspecified atom stereocenters. The van der Waals surface area contributed by atoms with Gasteiger partial charge >= 0.3 is 0 Å². The van der Waals surface area contributed by atoms with Gasteiger partial charge in [-0.3, -0.25) is 4.98 Å². The van der Waals surface area contributed by atoms with Gasteiger partial charge in [-0.05, 0) is 6.07 Å². The number of pyridine rings is 1. The number of hydrogen-bond acceptors (Lipinski definition) is 6. The molecule has 1 aromatic carbocycles. The van der Waals surface area contributed by atoms with Gasteiger partial charge in [-0.15, -0.1) is 0 Å². The Morgan fingerprint density at radius 3 is 2.15 bits per heavy atom. The van der Waals surface area contributed by atoms with E-state index in [2.05, 4.69) is 4.98 Å². The van der Waals surface area contributed by atoms with Gasteiger partial charge in [0.25, 0.3) is 0 Å². The molecule has 0 radical (unpaired) electrons. The van der Waals surface area contributed by atoms with E-state index in [4.69, 9.17) is 14.2 Å². The average Bonchev–Trinajstić information content (AvgIpc) is 2.43. The molecule has 2 rings (SSSR count). The molecule has 0 aliphatic heterocycles. The number of hydrogen-bond donors (Lipinski definition) is 0. The third-order valence-electron chi connectivity index (χ3n) is 2.89. The van der Waals surface area contributed by atoms with E-state index in [1.807, 2.05) is 0 Å². The van der Waals surface area contributed by atoms with Gasteiger partial charge in [0.2, 0.25) is 5.75 Å². The van der Waals surface area contributed by atoms with E-state index in [0.717, 1.165) is 6.26 Å². The van der Waals surface area contributed by atoms with E-state index in [1.54, 1.807) is 6.07 Å². The average molecular weight is 297 g/mol. The lowest BCUT2D eigenvalue weighted by Gasteiger charge is -2.14. The van der Waals surface area contributed by atoms with Crippen LogP contribution in [0.3, 0.4) is 0 Å².